The number of nitrogens with zero attached hydrogens (tertiary/aromatic N) is 2. The lowest BCUT2D eigenvalue weighted by atomic mass is 10.2. The van der Waals surface area contributed by atoms with Crippen molar-refractivity contribution in [3.8, 4) is 0 Å². The van der Waals surface area contributed by atoms with Crippen LogP contribution in [0.15, 0.2) is 41.6 Å². The highest BCUT2D eigenvalue weighted by atomic mass is 32.2. The molecule has 1 N–H and O–H groups in total. The summed E-state index contributed by atoms with van der Waals surface area (Å²) in [5.74, 6) is 0.0865. The Morgan fingerprint density at radius 1 is 1.21 bits per heavy atom. The predicted octanol–water partition coefficient (Wildman–Crippen LogP) is 2.69. The molecule has 0 aliphatic rings. The smallest absolute Gasteiger partial charge is 0.358 e. The van der Waals surface area contributed by atoms with Gasteiger partial charge in [0.15, 0.2) is 11.5 Å². The van der Waals surface area contributed by atoms with E-state index in [9.17, 15) is 4.79 Å². The number of hydrogen-bond acceptors (Lipinski definition) is 6. The third-order valence-electron chi connectivity index (χ3n) is 2.34. The van der Waals surface area contributed by atoms with Crippen LogP contribution in [0.25, 0.3) is 0 Å². The maximum absolute atomic E-state index is 11.2. The predicted molar refractivity (Wildman–Crippen MR) is 74.0 cm³/mol. The van der Waals surface area contributed by atoms with E-state index in [4.69, 9.17) is 0 Å². The molecule has 0 aliphatic carbocycles. The number of methoxy groups -OCH3 is 1. The van der Waals surface area contributed by atoms with Crippen LogP contribution in [0.1, 0.15) is 16.1 Å². The lowest BCUT2D eigenvalue weighted by Gasteiger charge is -2.05. The van der Waals surface area contributed by atoms with Gasteiger partial charge in [0.1, 0.15) is 0 Å². The Hall–Kier alpha value is -2.08. The molecule has 0 atom stereocenters. The molecule has 0 unspecified atom stereocenters. The second kappa shape index (κ2) is 6.19. The molecule has 0 fully saturated rings. The molecule has 0 radical (unpaired) electrons. The first kappa shape index (κ1) is 13.4. The largest absolute Gasteiger partial charge is 0.464 e. The Labute approximate surface area is 115 Å². The van der Waals surface area contributed by atoms with Crippen molar-refractivity contribution in [1.29, 1.82) is 0 Å². The van der Waals surface area contributed by atoms with E-state index in [1.807, 2.05) is 31.2 Å². The maximum atomic E-state index is 11.2. The van der Waals surface area contributed by atoms with Crippen molar-refractivity contribution in [3.63, 3.8) is 0 Å². The molecule has 1 aromatic heterocycles. The van der Waals surface area contributed by atoms with Crippen LogP contribution < -0.4 is 4.72 Å². The zero-order valence-electron chi connectivity index (χ0n) is 10.6. The molecular formula is C13H13N3O2S. The van der Waals surface area contributed by atoms with E-state index in [1.165, 1.54) is 37.0 Å². The maximum Gasteiger partial charge on any atom is 0.358 e. The quantitative estimate of drug-likeness (QED) is 0.683. The highest BCUT2D eigenvalue weighted by Gasteiger charge is 2.07. The van der Waals surface area contributed by atoms with Crippen molar-refractivity contribution in [3.05, 3.63) is 47.9 Å². The Morgan fingerprint density at radius 3 is 2.53 bits per heavy atom. The Morgan fingerprint density at radius 2 is 1.95 bits per heavy atom. The van der Waals surface area contributed by atoms with Crippen LogP contribution in [-0.2, 0) is 4.74 Å². The summed E-state index contributed by atoms with van der Waals surface area (Å²) in [6.45, 7) is 2.04. The molecule has 0 saturated heterocycles. The number of esters is 1. The number of ether oxygens (including phenoxy) is 1. The van der Waals surface area contributed by atoms with Gasteiger partial charge < -0.3 is 9.46 Å². The van der Waals surface area contributed by atoms with E-state index < -0.39 is 5.97 Å². The van der Waals surface area contributed by atoms with Crippen molar-refractivity contribution in [2.45, 2.75) is 11.8 Å². The van der Waals surface area contributed by atoms with E-state index in [-0.39, 0.29) is 5.69 Å². The van der Waals surface area contributed by atoms with Crippen LogP contribution in [0.2, 0.25) is 0 Å². The van der Waals surface area contributed by atoms with Crippen LogP contribution in [0.5, 0.6) is 0 Å². The zero-order chi connectivity index (χ0) is 13.7. The Bertz CT molecular complexity index is 555. The van der Waals surface area contributed by atoms with Gasteiger partial charge in [-0.05, 0) is 31.0 Å². The molecule has 1 heterocycles. The van der Waals surface area contributed by atoms with Gasteiger partial charge in [-0.25, -0.2) is 14.8 Å². The topological polar surface area (TPSA) is 64.1 Å². The molecule has 1 aromatic carbocycles. The fourth-order valence-corrected chi connectivity index (χ4v) is 1.91. The standard InChI is InChI=1S/C13H13N3O2S/c1-9-3-5-10(6-4-9)19-16-12-8-14-11(7-15-12)13(17)18-2/h3-8H,1-2H3,(H,15,16). The fourth-order valence-electron chi connectivity index (χ4n) is 1.31. The van der Waals surface area contributed by atoms with Gasteiger partial charge in [-0.3, -0.25) is 0 Å². The number of nitrogens with one attached hydrogen (secondary N) is 1. The molecule has 0 bridgehead atoms. The third kappa shape index (κ3) is 3.69. The third-order valence-corrected chi connectivity index (χ3v) is 3.16. The molecule has 0 amide bonds. The van der Waals surface area contributed by atoms with E-state index in [1.54, 1.807) is 0 Å². The number of aromatic nitrogens is 2. The average Bonchev–Trinajstić information content (AvgIpc) is 2.46. The molecule has 2 rings (SSSR count). The molecule has 19 heavy (non-hydrogen) atoms. The highest BCUT2D eigenvalue weighted by molar-refractivity contribution is 8.00. The number of anilines is 1. The number of carbonyl (C=O) groups excluding carboxylic acids is 1. The molecular weight excluding hydrogens is 262 g/mol. The number of carbonyl (C=O) groups is 1. The van der Waals surface area contributed by atoms with E-state index >= 15 is 0 Å². The van der Waals surface area contributed by atoms with Gasteiger partial charge >= 0.3 is 5.97 Å². The molecule has 0 spiro atoms. The second-order valence-electron chi connectivity index (χ2n) is 3.80. The minimum atomic E-state index is -0.495. The number of benzene rings is 1. The first-order valence-corrected chi connectivity index (χ1v) is 6.40. The summed E-state index contributed by atoms with van der Waals surface area (Å²) in [6.07, 6.45) is 2.87. The molecule has 6 heteroatoms. The SMILES string of the molecule is COC(=O)c1cnc(NSc2ccc(C)cc2)cn1. The summed E-state index contributed by atoms with van der Waals surface area (Å²) in [5, 5.41) is 0. The van der Waals surface area contributed by atoms with Gasteiger partial charge in [-0.15, -0.1) is 0 Å². The molecule has 0 aliphatic heterocycles. The first-order valence-electron chi connectivity index (χ1n) is 5.59. The van der Waals surface area contributed by atoms with Gasteiger partial charge in [0.05, 0.1) is 19.5 Å². The summed E-state index contributed by atoms with van der Waals surface area (Å²) in [5.41, 5.74) is 1.40. The molecule has 5 nitrogen and oxygen atoms in total. The van der Waals surface area contributed by atoms with E-state index in [0.717, 1.165) is 4.90 Å². The van der Waals surface area contributed by atoms with Gasteiger partial charge in [0, 0.05) is 4.90 Å². The zero-order valence-corrected chi connectivity index (χ0v) is 11.4. The average molecular weight is 275 g/mol. The highest BCUT2D eigenvalue weighted by Crippen LogP contribution is 2.19. The van der Waals surface area contributed by atoms with Crippen molar-refractivity contribution in [2.24, 2.45) is 0 Å². The van der Waals surface area contributed by atoms with E-state index in [2.05, 4.69) is 19.4 Å². The van der Waals surface area contributed by atoms with Gasteiger partial charge in [0.2, 0.25) is 0 Å². The number of hydrogen-bond donors (Lipinski definition) is 1. The minimum Gasteiger partial charge on any atom is -0.464 e. The Kier molecular flexibility index (Phi) is 4.35. The number of rotatable bonds is 4. The summed E-state index contributed by atoms with van der Waals surface area (Å²) in [7, 11) is 1.31. The van der Waals surface area contributed by atoms with Crippen molar-refractivity contribution >= 4 is 23.7 Å². The van der Waals surface area contributed by atoms with Crippen molar-refractivity contribution in [2.75, 3.05) is 11.8 Å². The lowest BCUT2D eigenvalue weighted by molar-refractivity contribution is 0.0593. The van der Waals surface area contributed by atoms with E-state index in [0.29, 0.717) is 5.82 Å². The normalized spacial score (nSPS) is 10.0. The summed E-state index contributed by atoms with van der Waals surface area (Å²) in [4.78, 5) is 20.3. The Balaban J connectivity index is 1.96. The lowest BCUT2D eigenvalue weighted by Crippen LogP contribution is -2.05. The van der Waals surface area contributed by atoms with Crippen molar-refractivity contribution in [1.82, 2.24) is 9.97 Å². The first-order chi connectivity index (χ1) is 9.19. The van der Waals surface area contributed by atoms with Crippen LogP contribution >= 0.6 is 11.9 Å². The molecule has 2 aromatic rings. The second-order valence-corrected chi connectivity index (χ2v) is 4.68. The van der Waals surface area contributed by atoms with Gasteiger partial charge in [-0.2, -0.15) is 0 Å². The van der Waals surface area contributed by atoms with Crippen LogP contribution in [0, 0.1) is 6.92 Å². The summed E-state index contributed by atoms with van der Waals surface area (Å²) < 4.78 is 7.61. The molecule has 98 valence electrons. The molecule has 0 saturated carbocycles. The summed E-state index contributed by atoms with van der Waals surface area (Å²) in [6, 6.07) is 8.11. The van der Waals surface area contributed by atoms with Crippen molar-refractivity contribution < 1.29 is 9.53 Å². The number of aryl methyl sites for hydroxylation is 1. The van der Waals surface area contributed by atoms with Crippen LogP contribution in [0.3, 0.4) is 0 Å². The van der Waals surface area contributed by atoms with Crippen LogP contribution in [0.4, 0.5) is 5.82 Å². The monoisotopic (exact) mass is 275 g/mol. The van der Waals surface area contributed by atoms with Gasteiger partial charge in [0.25, 0.3) is 0 Å². The van der Waals surface area contributed by atoms with Gasteiger partial charge in [-0.1, -0.05) is 17.7 Å². The summed E-state index contributed by atoms with van der Waals surface area (Å²) >= 11 is 1.43. The van der Waals surface area contributed by atoms with Crippen LogP contribution in [-0.4, -0.2) is 23.0 Å². The minimum absolute atomic E-state index is 0.188. The fraction of sp³-hybridized carbons (Fsp3) is 0.154.